The molecule has 0 spiro atoms. The Hall–Kier alpha value is -1.80. The molecule has 0 amide bonds. The first-order valence-electron chi connectivity index (χ1n) is 9.26. The van der Waals surface area contributed by atoms with Crippen molar-refractivity contribution in [1.29, 1.82) is 0 Å². The third-order valence-corrected chi connectivity index (χ3v) is 4.32. The maximum Gasteiger partial charge on any atom is 0.119 e. The number of benzene rings is 2. The number of ether oxygens (including phenoxy) is 1. The molecule has 0 saturated carbocycles. The molecule has 24 heavy (non-hydrogen) atoms. The van der Waals surface area contributed by atoms with Crippen LogP contribution in [0.2, 0.25) is 0 Å². The molecular weight excluding hydrogens is 294 g/mol. The monoisotopic (exact) mass is 325 g/mol. The molecule has 130 valence electrons. The van der Waals surface area contributed by atoms with Gasteiger partial charge < -0.3 is 10.1 Å². The molecule has 2 rings (SSSR count). The zero-order chi connectivity index (χ0) is 17.0. The quantitative estimate of drug-likeness (QED) is 0.540. The van der Waals surface area contributed by atoms with Crippen LogP contribution in [-0.4, -0.2) is 6.61 Å². The topological polar surface area (TPSA) is 21.3 Å². The van der Waals surface area contributed by atoms with Gasteiger partial charge >= 0.3 is 0 Å². The molecule has 0 saturated heterocycles. The lowest BCUT2D eigenvalue weighted by Gasteiger charge is -2.10. The van der Waals surface area contributed by atoms with E-state index >= 15 is 0 Å². The summed E-state index contributed by atoms with van der Waals surface area (Å²) < 4.78 is 5.88. The van der Waals surface area contributed by atoms with E-state index in [0.29, 0.717) is 0 Å². The Kier molecular flexibility index (Phi) is 8.40. The highest BCUT2D eigenvalue weighted by molar-refractivity contribution is 5.29. The number of aryl methyl sites for hydroxylation is 1. The maximum absolute atomic E-state index is 5.88. The molecule has 0 aliphatic carbocycles. The summed E-state index contributed by atoms with van der Waals surface area (Å²) in [5.41, 5.74) is 3.97. The largest absolute Gasteiger partial charge is 0.494 e. The number of unbranched alkanes of at least 4 members (excludes halogenated alkanes) is 4. The minimum Gasteiger partial charge on any atom is -0.494 e. The van der Waals surface area contributed by atoms with E-state index in [2.05, 4.69) is 67.7 Å². The summed E-state index contributed by atoms with van der Waals surface area (Å²) in [4.78, 5) is 0. The van der Waals surface area contributed by atoms with Gasteiger partial charge in [0.15, 0.2) is 0 Å². The van der Waals surface area contributed by atoms with Gasteiger partial charge in [-0.25, -0.2) is 0 Å². The van der Waals surface area contributed by atoms with E-state index in [9.17, 15) is 0 Å². The molecule has 0 unspecified atom stereocenters. The first-order chi connectivity index (χ1) is 11.8. The second-order valence-electron chi connectivity index (χ2n) is 6.44. The normalized spacial score (nSPS) is 10.8. The van der Waals surface area contributed by atoms with Crippen LogP contribution < -0.4 is 10.1 Å². The van der Waals surface area contributed by atoms with Crippen LogP contribution in [0.25, 0.3) is 0 Å². The molecule has 0 radical (unpaired) electrons. The lowest BCUT2D eigenvalue weighted by molar-refractivity contribution is 0.304. The molecule has 0 bridgehead atoms. The SMILES string of the molecule is CCCCCCCOc1cccc(CNCc2ccccc2C)c1. The lowest BCUT2D eigenvalue weighted by Crippen LogP contribution is -2.13. The van der Waals surface area contributed by atoms with Crippen molar-refractivity contribution >= 4 is 0 Å². The van der Waals surface area contributed by atoms with E-state index < -0.39 is 0 Å². The van der Waals surface area contributed by atoms with E-state index in [0.717, 1.165) is 31.9 Å². The van der Waals surface area contributed by atoms with Gasteiger partial charge in [0.05, 0.1) is 6.61 Å². The third kappa shape index (κ3) is 6.76. The molecule has 2 heteroatoms. The van der Waals surface area contributed by atoms with Gasteiger partial charge in [-0.05, 0) is 42.2 Å². The first-order valence-corrected chi connectivity index (χ1v) is 9.26. The molecule has 2 nitrogen and oxygen atoms in total. The minimum absolute atomic E-state index is 0.823. The summed E-state index contributed by atoms with van der Waals surface area (Å²) in [6.07, 6.45) is 6.37. The van der Waals surface area contributed by atoms with Gasteiger partial charge in [-0.1, -0.05) is 69.0 Å². The second kappa shape index (κ2) is 10.9. The fourth-order valence-electron chi connectivity index (χ4n) is 2.79. The molecule has 0 atom stereocenters. The summed E-state index contributed by atoms with van der Waals surface area (Å²) >= 11 is 0. The minimum atomic E-state index is 0.823. The highest BCUT2D eigenvalue weighted by Gasteiger charge is 2.00. The molecule has 0 aliphatic heterocycles. The molecular formula is C22H31NO. The predicted octanol–water partition coefficient (Wildman–Crippen LogP) is 5.63. The van der Waals surface area contributed by atoms with E-state index in [1.165, 1.54) is 42.4 Å². The van der Waals surface area contributed by atoms with Crippen molar-refractivity contribution in [2.75, 3.05) is 6.61 Å². The summed E-state index contributed by atoms with van der Waals surface area (Å²) in [7, 11) is 0. The van der Waals surface area contributed by atoms with Crippen LogP contribution in [0.15, 0.2) is 48.5 Å². The molecule has 0 heterocycles. The Labute approximate surface area is 147 Å². The van der Waals surface area contributed by atoms with E-state index in [4.69, 9.17) is 4.74 Å². The van der Waals surface area contributed by atoms with Crippen molar-refractivity contribution in [3.05, 3.63) is 65.2 Å². The van der Waals surface area contributed by atoms with Crippen LogP contribution in [0, 0.1) is 6.92 Å². The zero-order valence-electron chi connectivity index (χ0n) is 15.2. The van der Waals surface area contributed by atoms with Crippen LogP contribution in [0.1, 0.15) is 55.7 Å². The summed E-state index contributed by atoms with van der Waals surface area (Å²) in [6.45, 7) is 6.99. The highest BCUT2D eigenvalue weighted by Crippen LogP contribution is 2.15. The Bertz CT molecular complexity index is 594. The van der Waals surface area contributed by atoms with Gasteiger partial charge in [-0.15, -0.1) is 0 Å². The van der Waals surface area contributed by atoms with Crippen molar-refractivity contribution in [2.45, 2.75) is 59.0 Å². The third-order valence-electron chi connectivity index (χ3n) is 4.32. The fourth-order valence-corrected chi connectivity index (χ4v) is 2.79. The number of nitrogens with one attached hydrogen (secondary N) is 1. The second-order valence-corrected chi connectivity index (χ2v) is 6.44. The highest BCUT2D eigenvalue weighted by atomic mass is 16.5. The Morgan fingerprint density at radius 2 is 1.71 bits per heavy atom. The summed E-state index contributed by atoms with van der Waals surface area (Å²) in [5.74, 6) is 0.987. The average molecular weight is 325 g/mol. The van der Waals surface area contributed by atoms with Gasteiger partial charge in [-0.3, -0.25) is 0 Å². The zero-order valence-corrected chi connectivity index (χ0v) is 15.2. The molecule has 0 aromatic heterocycles. The van der Waals surface area contributed by atoms with Gasteiger partial charge in [0.1, 0.15) is 5.75 Å². The summed E-state index contributed by atoms with van der Waals surface area (Å²) in [5, 5.41) is 3.52. The van der Waals surface area contributed by atoms with Gasteiger partial charge in [0.2, 0.25) is 0 Å². The first kappa shape index (κ1) is 18.5. The van der Waals surface area contributed by atoms with Crippen molar-refractivity contribution in [3.63, 3.8) is 0 Å². The lowest BCUT2D eigenvalue weighted by atomic mass is 10.1. The van der Waals surface area contributed by atoms with Gasteiger partial charge in [0, 0.05) is 13.1 Å². The van der Waals surface area contributed by atoms with Gasteiger partial charge in [0.25, 0.3) is 0 Å². The van der Waals surface area contributed by atoms with Crippen molar-refractivity contribution < 1.29 is 4.74 Å². The Balaban J connectivity index is 1.71. The molecule has 1 N–H and O–H groups in total. The Morgan fingerprint density at radius 3 is 2.54 bits per heavy atom. The predicted molar refractivity (Wildman–Crippen MR) is 102 cm³/mol. The number of rotatable bonds is 11. The van der Waals surface area contributed by atoms with E-state index in [1.807, 2.05) is 0 Å². The number of hydrogen-bond donors (Lipinski definition) is 1. The Morgan fingerprint density at radius 1 is 0.875 bits per heavy atom. The van der Waals surface area contributed by atoms with Gasteiger partial charge in [-0.2, -0.15) is 0 Å². The van der Waals surface area contributed by atoms with E-state index in [-0.39, 0.29) is 0 Å². The van der Waals surface area contributed by atoms with Crippen LogP contribution in [-0.2, 0) is 13.1 Å². The van der Waals surface area contributed by atoms with E-state index in [1.54, 1.807) is 0 Å². The fraction of sp³-hybridized carbons (Fsp3) is 0.455. The maximum atomic E-state index is 5.88. The standard InChI is InChI=1S/C22H31NO/c1-3-4-5-6-9-15-24-22-14-10-12-20(16-22)17-23-18-21-13-8-7-11-19(21)2/h7-8,10-14,16,23H,3-6,9,15,17-18H2,1-2H3. The van der Waals surface area contributed by atoms with Crippen molar-refractivity contribution in [2.24, 2.45) is 0 Å². The average Bonchev–Trinajstić information content (AvgIpc) is 2.60. The molecule has 0 aliphatic rings. The van der Waals surface area contributed by atoms with Crippen molar-refractivity contribution in [3.8, 4) is 5.75 Å². The van der Waals surface area contributed by atoms with Crippen LogP contribution in [0.5, 0.6) is 5.75 Å². The number of hydrogen-bond acceptors (Lipinski definition) is 2. The smallest absolute Gasteiger partial charge is 0.119 e. The van der Waals surface area contributed by atoms with Crippen LogP contribution >= 0.6 is 0 Å². The molecule has 0 fully saturated rings. The molecule has 2 aromatic carbocycles. The van der Waals surface area contributed by atoms with Crippen LogP contribution in [0.4, 0.5) is 0 Å². The summed E-state index contributed by atoms with van der Waals surface area (Å²) in [6, 6.07) is 17.0. The molecule has 2 aromatic rings. The van der Waals surface area contributed by atoms with Crippen LogP contribution in [0.3, 0.4) is 0 Å². The van der Waals surface area contributed by atoms with Crippen molar-refractivity contribution in [1.82, 2.24) is 5.32 Å².